The Morgan fingerprint density at radius 1 is 1.44 bits per heavy atom. The lowest BCUT2D eigenvalue weighted by Gasteiger charge is -2.40. The molecule has 1 aliphatic rings. The zero-order chi connectivity index (χ0) is 18.2. The molecule has 0 radical (unpaired) electrons. The molecule has 6 nitrogen and oxygen atoms in total. The van der Waals surface area contributed by atoms with Crippen LogP contribution in [-0.4, -0.2) is 46.6 Å². The fourth-order valence-electron chi connectivity index (χ4n) is 2.73. The Kier molecular flexibility index (Phi) is 4.70. The number of pyridine rings is 1. The maximum Gasteiger partial charge on any atom is 0.272 e. The zero-order valence-electron chi connectivity index (χ0n) is 13.2. The second-order valence-electron chi connectivity index (χ2n) is 5.79. The van der Waals surface area contributed by atoms with Crippen LogP contribution in [-0.2, 0) is 0 Å². The zero-order valence-corrected chi connectivity index (χ0v) is 13.9. The highest BCUT2D eigenvalue weighted by molar-refractivity contribution is 6.32. The van der Waals surface area contributed by atoms with Gasteiger partial charge in [0, 0.05) is 44.4 Å². The van der Waals surface area contributed by atoms with E-state index in [0.717, 1.165) is 13.0 Å². The molecule has 25 heavy (non-hydrogen) atoms. The average molecular weight is 374 g/mol. The van der Waals surface area contributed by atoms with Gasteiger partial charge in [0.25, 0.3) is 11.5 Å². The van der Waals surface area contributed by atoms with Gasteiger partial charge < -0.3 is 15.2 Å². The van der Waals surface area contributed by atoms with Gasteiger partial charge >= 0.3 is 0 Å². The highest BCUT2D eigenvalue weighted by Crippen LogP contribution is 2.31. The van der Waals surface area contributed by atoms with Crippen molar-refractivity contribution in [2.24, 2.45) is 0 Å². The van der Waals surface area contributed by atoms with Gasteiger partial charge in [0.2, 0.25) is 5.95 Å². The Morgan fingerprint density at radius 2 is 2.20 bits per heavy atom. The normalized spacial score (nSPS) is 18.4. The first-order chi connectivity index (χ1) is 11.8. The highest BCUT2D eigenvalue weighted by Gasteiger charge is 2.41. The summed E-state index contributed by atoms with van der Waals surface area (Å²) < 4.78 is 41.2. The van der Waals surface area contributed by atoms with Gasteiger partial charge in [-0.2, -0.15) is 4.39 Å². The number of rotatable bonds is 3. The number of halogens is 4. The van der Waals surface area contributed by atoms with E-state index in [2.05, 4.69) is 20.3 Å². The molecule has 3 rings (SSSR count). The molecule has 1 saturated heterocycles. The number of H-pyrrole nitrogens is 1. The van der Waals surface area contributed by atoms with Crippen LogP contribution in [0.5, 0.6) is 0 Å². The van der Waals surface area contributed by atoms with Gasteiger partial charge in [-0.05, 0) is 6.07 Å². The summed E-state index contributed by atoms with van der Waals surface area (Å²) in [5.41, 5.74) is -0.423. The smallest absolute Gasteiger partial charge is 0.272 e. The molecule has 1 fully saturated rings. The van der Waals surface area contributed by atoms with Gasteiger partial charge in [0.15, 0.2) is 5.82 Å². The Morgan fingerprint density at radius 3 is 2.88 bits per heavy atom. The SMILES string of the molecule is CC(F)(F)[C@H]1CNCCN1c1nc(-c2ccnc(F)c2)[nH]c(=O)c1Cl. The average Bonchev–Trinajstić information content (AvgIpc) is 2.56. The van der Waals surface area contributed by atoms with E-state index in [4.69, 9.17) is 11.6 Å². The number of piperazine rings is 1. The van der Waals surface area contributed by atoms with Gasteiger partial charge in [-0.3, -0.25) is 4.79 Å². The maximum absolute atomic E-state index is 14.0. The topological polar surface area (TPSA) is 73.9 Å². The summed E-state index contributed by atoms with van der Waals surface area (Å²) in [5.74, 6) is -3.81. The van der Waals surface area contributed by atoms with Crippen LogP contribution in [0, 0.1) is 5.95 Å². The van der Waals surface area contributed by atoms with E-state index in [-0.39, 0.29) is 35.3 Å². The van der Waals surface area contributed by atoms with Crippen molar-refractivity contribution in [3.05, 3.63) is 39.7 Å². The van der Waals surface area contributed by atoms with Gasteiger partial charge in [-0.15, -0.1) is 0 Å². The van der Waals surface area contributed by atoms with E-state index < -0.39 is 23.5 Å². The van der Waals surface area contributed by atoms with Crippen molar-refractivity contribution in [3.8, 4) is 11.4 Å². The van der Waals surface area contributed by atoms with Gasteiger partial charge in [-0.25, -0.2) is 18.7 Å². The van der Waals surface area contributed by atoms with Crippen LogP contribution in [0.1, 0.15) is 6.92 Å². The summed E-state index contributed by atoms with van der Waals surface area (Å²) in [5, 5.41) is 2.61. The minimum Gasteiger partial charge on any atom is -0.344 e. The summed E-state index contributed by atoms with van der Waals surface area (Å²) in [6.07, 6.45) is 1.22. The summed E-state index contributed by atoms with van der Waals surface area (Å²) in [6.45, 7) is 1.47. The van der Waals surface area contributed by atoms with Crippen LogP contribution >= 0.6 is 11.6 Å². The number of nitrogens with one attached hydrogen (secondary N) is 2. The van der Waals surface area contributed by atoms with E-state index in [1.54, 1.807) is 0 Å². The van der Waals surface area contributed by atoms with Crippen molar-refractivity contribution < 1.29 is 13.2 Å². The molecule has 0 amide bonds. The molecular formula is C15H15ClF3N5O. The highest BCUT2D eigenvalue weighted by atomic mass is 35.5. The van der Waals surface area contributed by atoms with Crippen molar-refractivity contribution in [2.75, 3.05) is 24.5 Å². The standard InChI is InChI=1S/C15H15ClF3N5O/c1-15(18,19)9-7-20-4-5-24(9)13-11(16)14(25)23-12(22-13)8-2-3-21-10(17)6-8/h2-3,6,9,20H,4-5,7H2,1H3,(H,22,23,25)/t9-/m1/s1. The lowest BCUT2D eigenvalue weighted by Crippen LogP contribution is -2.59. The molecular weight excluding hydrogens is 359 g/mol. The quantitative estimate of drug-likeness (QED) is 0.806. The number of anilines is 1. The summed E-state index contributed by atoms with van der Waals surface area (Å²) in [6, 6.07) is 1.32. The predicted octanol–water partition coefficient (Wildman–Crippen LogP) is 2.06. The van der Waals surface area contributed by atoms with Crippen LogP contribution in [0.25, 0.3) is 11.4 Å². The Bertz CT molecular complexity index is 839. The molecule has 2 aromatic rings. The third kappa shape index (κ3) is 3.62. The number of hydrogen-bond acceptors (Lipinski definition) is 5. The van der Waals surface area contributed by atoms with Crippen molar-refractivity contribution in [3.63, 3.8) is 0 Å². The van der Waals surface area contributed by atoms with E-state index >= 15 is 0 Å². The van der Waals surface area contributed by atoms with Crippen molar-refractivity contribution >= 4 is 17.4 Å². The number of hydrogen-bond donors (Lipinski definition) is 2. The van der Waals surface area contributed by atoms with Gasteiger partial charge in [0.05, 0.1) is 0 Å². The predicted molar refractivity (Wildman–Crippen MR) is 87.7 cm³/mol. The first-order valence-electron chi connectivity index (χ1n) is 7.54. The van der Waals surface area contributed by atoms with E-state index in [1.807, 2.05) is 0 Å². The van der Waals surface area contributed by atoms with E-state index in [9.17, 15) is 18.0 Å². The second-order valence-corrected chi connectivity index (χ2v) is 6.17. The van der Waals surface area contributed by atoms with Crippen LogP contribution in [0.3, 0.4) is 0 Å². The van der Waals surface area contributed by atoms with E-state index in [1.165, 1.54) is 17.2 Å². The number of alkyl halides is 2. The molecule has 2 N–H and O–H groups in total. The first kappa shape index (κ1) is 17.7. The Balaban J connectivity index is 2.10. The molecule has 10 heteroatoms. The van der Waals surface area contributed by atoms with Crippen LogP contribution in [0.15, 0.2) is 23.1 Å². The van der Waals surface area contributed by atoms with Crippen LogP contribution in [0.2, 0.25) is 5.02 Å². The number of nitrogens with zero attached hydrogens (tertiary/aromatic N) is 3. The third-order valence-electron chi connectivity index (χ3n) is 3.95. The molecule has 1 aliphatic heterocycles. The minimum absolute atomic E-state index is 0.0214. The minimum atomic E-state index is -3.04. The molecule has 2 aromatic heterocycles. The largest absolute Gasteiger partial charge is 0.344 e. The monoisotopic (exact) mass is 373 g/mol. The van der Waals surface area contributed by atoms with Crippen LogP contribution in [0.4, 0.5) is 19.0 Å². The van der Waals surface area contributed by atoms with Gasteiger partial charge in [0.1, 0.15) is 16.9 Å². The lowest BCUT2D eigenvalue weighted by molar-refractivity contribution is -0.0112. The lowest BCUT2D eigenvalue weighted by atomic mass is 10.1. The summed E-state index contributed by atoms with van der Waals surface area (Å²) in [4.78, 5) is 23.5. The molecule has 0 aromatic carbocycles. The van der Waals surface area contributed by atoms with Crippen molar-refractivity contribution in [2.45, 2.75) is 18.9 Å². The molecule has 0 spiro atoms. The molecule has 3 heterocycles. The fourth-order valence-corrected chi connectivity index (χ4v) is 2.93. The number of aromatic nitrogens is 3. The summed E-state index contributed by atoms with van der Waals surface area (Å²) >= 11 is 6.03. The molecule has 0 aliphatic carbocycles. The maximum atomic E-state index is 14.0. The summed E-state index contributed by atoms with van der Waals surface area (Å²) in [7, 11) is 0. The molecule has 0 bridgehead atoms. The Hall–Kier alpha value is -2.13. The Labute approximate surface area is 146 Å². The second kappa shape index (κ2) is 6.64. The van der Waals surface area contributed by atoms with E-state index in [0.29, 0.717) is 6.54 Å². The molecule has 1 atom stereocenters. The molecule has 134 valence electrons. The molecule has 0 unspecified atom stereocenters. The number of aromatic amines is 1. The molecule has 0 saturated carbocycles. The van der Waals surface area contributed by atoms with Gasteiger partial charge in [-0.1, -0.05) is 11.6 Å². The third-order valence-corrected chi connectivity index (χ3v) is 4.29. The van der Waals surface area contributed by atoms with Crippen molar-refractivity contribution in [1.82, 2.24) is 20.3 Å². The fraction of sp³-hybridized carbons (Fsp3) is 0.400. The first-order valence-corrected chi connectivity index (χ1v) is 7.92. The van der Waals surface area contributed by atoms with Crippen molar-refractivity contribution in [1.29, 1.82) is 0 Å². The van der Waals surface area contributed by atoms with Crippen LogP contribution < -0.4 is 15.8 Å².